The van der Waals surface area contributed by atoms with Crippen LogP contribution in [0.4, 0.5) is 5.13 Å². The fourth-order valence-electron chi connectivity index (χ4n) is 3.33. The Morgan fingerprint density at radius 1 is 1.45 bits per heavy atom. The molecular weight excluding hydrogens is 492 g/mol. The number of aryl methyl sites for hydroxylation is 1. The molecule has 4 rings (SSSR count). The molecule has 13 nitrogen and oxygen atoms in total. The molecule has 0 unspecified atom stereocenters. The molecule has 6 N–H and O–H groups in total. The fraction of sp³-hybridized carbons (Fsp3) is 0.353. The summed E-state index contributed by atoms with van der Waals surface area (Å²) in [5.41, 5.74) is 6.65. The number of nitrogen functional groups attached to an aromatic ring is 1. The van der Waals surface area contributed by atoms with Crippen molar-refractivity contribution in [1.29, 1.82) is 0 Å². The van der Waals surface area contributed by atoms with Gasteiger partial charge in [-0.05, 0) is 11.3 Å². The number of carboxylic acids is 1. The third-order valence-corrected chi connectivity index (χ3v) is 7.92. The number of β-lactam (4-membered cyclic amide) rings is 1. The van der Waals surface area contributed by atoms with Gasteiger partial charge in [-0.3, -0.25) is 14.5 Å². The monoisotopic (exact) mass is 510 g/mol. The number of oxime groups is 1. The van der Waals surface area contributed by atoms with Gasteiger partial charge in [0.05, 0.1) is 11.9 Å². The zero-order valence-corrected chi connectivity index (χ0v) is 19.2. The SMILES string of the molecule is Nc1nc(/C(=N/O)C(=O)N[C@@H]2C(=O)N3C(C(=O)O)=C(CSCCc4cn[nH]n4)CS[C@H]23)cs1. The maximum Gasteiger partial charge on any atom is 0.352 e. The number of thioether (sulfide) groups is 2. The number of aromatic nitrogens is 4. The van der Waals surface area contributed by atoms with Gasteiger partial charge in [-0.2, -0.15) is 27.2 Å². The van der Waals surface area contributed by atoms with E-state index in [-0.39, 0.29) is 22.2 Å². The van der Waals surface area contributed by atoms with Gasteiger partial charge in [-0.15, -0.1) is 23.1 Å². The number of hydrogen-bond donors (Lipinski definition) is 5. The zero-order valence-electron chi connectivity index (χ0n) is 16.8. The molecule has 2 aliphatic heterocycles. The highest BCUT2D eigenvalue weighted by Gasteiger charge is 2.54. The highest BCUT2D eigenvalue weighted by atomic mass is 32.2. The van der Waals surface area contributed by atoms with Crippen LogP contribution in [0.5, 0.6) is 0 Å². The molecule has 2 aromatic heterocycles. The number of aromatic amines is 1. The number of rotatable bonds is 9. The van der Waals surface area contributed by atoms with Crippen LogP contribution in [0.25, 0.3) is 0 Å². The Bertz CT molecular complexity index is 1130. The molecule has 1 fully saturated rings. The predicted molar refractivity (Wildman–Crippen MR) is 122 cm³/mol. The van der Waals surface area contributed by atoms with Crippen molar-refractivity contribution in [1.82, 2.24) is 30.6 Å². The molecule has 0 aromatic carbocycles. The number of carbonyl (C=O) groups is 3. The number of nitrogens with zero attached hydrogens (tertiary/aromatic N) is 5. The van der Waals surface area contributed by atoms with E-state index in [9.17, 15) is 24.7 Å². The quantitative estimate of drug-likeness (QED) is 0.0978. The molecule has 4 heterocycles. The van der Waals surface area contributed by atoms with E-state index in [0.29, 0.717) is 29.3 Å². The van der Waals surface area contributed by atoms with E-state index in [1.54, 1.807) is 18.0 Å². The average Bonchev–Trinajstić information content (AvgIpc) is 3.46. The van der Waals surface area contributed by atoms with Crippen molar-refractivity contribution in [3.8, 4) is 0 Å². The molecule has 2 amide bonds. The average molecular weight is 511 g/mol. The third kappa shape index (κ3) is 4.67. The van der Waals surface area contributed by atoms with Gasteiger partial charge >= 0.3 is 5.97 Å². The summed E-state index contributed by atoms with van der Waals surface area (Å²) in [6, 6.07) is -0.953. The number of amides is 2. The van der Waals surface area contributed by atoms with E-state index in [0.717, 1.165) is 17.0 Å². The van der Waals surface area contributed by atoms with Crippen LogP contribution in [-0.2, 0) is 20.8 Å². The van der Waals surface area contributed by atoms with Crippen molar-refractivity contribution in [2.75, 3.05) is 23.0 Å². The summed E-state index contributed by atoms with van der Waals surface area (Å²) in [5, 5.41) is 35.8. The highest BCUT2D eigenvalue weighted by molar-refractivity contribution is 8.01. The van der Waals surface area contributed by atoms with Crippen LogP contribution >= 0.6 is 34.9 Å². The van der Waals surface area contributed by atoms with Gasteiger partial charge in [0, 0.05) is 23.3 Å². The fourth-order valence-corrected chi connectivity index (χ4v) is 6.34. The van der Waals surface area contributed by atoms with Crippen LogP contribution in [-0.4, -0.2) is 87.8 Å². The van der Waals surface area contributed by atoms with E-state index in [4.69, 9.17) is 5.73 Å². The number of anilines is 1. The normalized spacial score (nSPS) is 20.4. The number of hydrogen-bond acceptors (Lipinski definition) is 12. The lowest BCUT2D eigenvalue weighted by atomic mass is 10.0. The van der Waals surface area contributed by atoms with E-state index >= 15 is 0 Å². The van der Waals surface area contributed by atoms with E-state index in [1.807, 2.05) is 0 Å². The lowest BCUT2D eigenvalue weighted by molar-refractivity contribution is -0.150. The van der Waals surface area contributed by atoms with Crippen molar-refractivity contribution >= 4 is 63.5 Å². The first-order valence-corrected chi connectivity index (χ1v) is 12.6. The second kappa shape index (κ2) is 9.80. The van der Waals surface area contributed by atoms with E-state index < -0.39 is 29.2 Å². The van der Waals surface area contributed by atoms with E-state index in [1.165, 1.54) is 22.0 Å². The number of H-pyrrole nitrogens is 1. The lowest BCUT2D eigenvalue weighted by Gasteiger charge is -2.49. The number of nitrogens with two attached hydrogens (primary N) is 1. The number of nitrogens with one attached hydrogen (secondary N) is 2. The van der Waals surface area contributed by atoms with Gasteiger partial charge in [-0.1, -0.05) is 5.16 Å². The number of aliphatic carboxylic acids is 1. The van der Waals surface area contributed by atoms with Gasteiger partial charge in [-0.25, -0.2) is 9.78 Å². The van der Waals surface area contributed by atoms with Crippen molar-refractivity contribution in [2.24, 2.45) is 5.16 Å². The first-order valence-electron chi connectivity index (χ1n) is 9.47. The minimum absolute atomic E-state index is 0.0495. The Hall–Kier alpha value is -3.11. The van der Waals surface area contributed by atoms with Crippen LogP contribution in [0.3, 0.4) is 0 Å². The Morgan fingerprint density at radius 3 is 2.91 bits per heavy atom. The van der Waals surface area contributed by atoms with Crippen LogP contribution in [0.15, 0.2) is 28.0 Å². The summed E-state index contributed by atoms with van der Waals surface area (Å²) in [5.74, 6) is -0.973. The van der Waals surface area contributed by atoms with Crippen LogP contribution < -0.4 is 11.1 Å². The smallest absolute Gasteiger partial charge is 0.352 e. The lowest BCUT2D eigenvalue weighted by Crippen LogP contribution is -2.71. The molecular formula is C17H18N8O5S3. The molecule has 1 saturated heterocycles. The molecule has 0 aliphatic carbocycles. The topological polar surface area (TPSA) is 200 Å². The Morgan fingerprint density at radius 2 is 2.27 bits per heavy atom. The predicted octanol–water partition coefficient (Wildman–Crippen LogP) is -0.264. The second-order valence-electron chi connectivity index (χ2n) is 6.90. The maximum absolute atomic E-state index is 12.8. The van der Waals surface area contributed by atoms with Crippen molar-refractivity contribution in [3.63, 3.8) is 0 Å². The summed E-state index contributed by atoms with van der Waals surface area (Å²) >= 11 is 3.97. The Labute approximate surface area is 198 Å². The summed E-state index contributed by atoms with van der Waals surface area (Å²) < 4.78 is 0. The Kier molecular flexibility index (Phi) is 6.85. The summed E-state index contributed by atoms with van der Waals surface area (Å²) in [6.45, 7) is 0. The van der Waals surface area contributed by atoms with Gasteiger partial charge in [0.25, 0.3) is 11.8 Å². The third-order valence-electron chi connectivity index (χ3n) is 4.86. The standard InChI is InChI=1S/C17H18N8O5S3/c18-17-20-9(6-33-17)10(23-30)13(26)21-11-14(27)25-12(16(28)29)7(5-32-15(11)25)4-31-2-1-8-3-19-24-22-8/h3,6,11,15,30H,1-2,4-5H2,(H2,18,20)(H,21,26)(H,28,29)(H,19,22,24)/b23-10-/t11-,15-/m1/s1. The first-order chi connectivity index (χ1) is 15.9. The number of carboxylic acid groups (broad SMARTS) is 1. The number of fused-ring (bicyclic) bond motifs is 1. The van der Waals surface area contributed by atoms with Gasteiger partial charge in [0.1, 0.15) is 22.8 Å². The molecule has 0 saturated carbocycles. The largest absolute Gasteiger partial charge is 0.477 e. The molecule has 0 bridgehead atoms. The van der Waals surface area contributed by atoms with Crippen LogP contribution in [0, 0.1) is 0 Å². The highest BCUT2D eigenvalue weighted by Crippen LogP contribution is 2.41. The molecule has 16 heteroatoms. The second-order valence-corrected chi connectivity index (χ2v) is 10.0. The van der Waals surface area contributed by atoms with Crippen molar-refractivity contribution in [2.45, 2.75) is 17.8 Å². The zero-order chi connectivity index (χ0) is 23.5. The molecule has 0 radical (unpaired) electrons. The molecule has 33 heavy (non-hydrogen) atoms. The summed E-state index contributed by atoms with van der Waals surface area (Å²) in [7, 11) is 0. The number of carbonyl (C=O) groups excluding carboxylic acids is 2. The summed E-state index contributed by atoms with van der Waals surface area (Å²) in [6.07, 6.45) is 2.32. The molecule has 2 atom stereocenters. The molecule has 174 valence electrons. The molecule has 2 aromatic rings. The first kappa shape index (κ1) is 23.1. The molecule has 0 spiro atoms. The minimum Gasteiger partial charge on any atom is -0.477 e. The van der Waals surface area contributed by atoms with Crippen molar-refractivity contribution < 1.29 is 24.7 Å². The van der Waals surface area contributed by atoms with Gasteiger partial charge < -0.3 is 21.4 Å². The van der Waals surface area contributed by atoms with Crippen LogP contribution in [0.2, 0.25) is 0 Å². The van der Waals surface area contributed by atoms with Gasteiger partial charge in [0.2, 0.25) is 0 Å². The van der Waals surface area contributed by atoms with E-state index in [2.05, 4.69) is 30.9 Å². The minimum atomic E-state index is -1.19. The van der Waals surface area contributed by atoms with Crippen molar-refractivity contribution in [3.05, 3.63) is 34.2 Å². The number of thiazole rings is 1. The maximum atomic E-state index is 12.8. The van der Waals surface area contributed by atoms with Gasteiger partial charge in [0.15, 0.2) is 10.8 Å². The van der Waals surface area contributed by atoms with Crippen LogP contribution in [0.1, 0.15) is 11.4 Å². The molecule has 2 aliphatic rings. The summed E-state index contributed by atoms with van der Waals surface area (Å²) in [4.78, 5) is 42.4. The Balaban J connectivity index is 1.40.